The van der Waals surface area contributed by atoms with Crippen LogP contribution in [0.25, 0.3) is 20.8 Å². The highest BCUT2D eigenvalue weighted by atomic mass is 32.2. The number of sulfonamides is 1. The van der Waals surface area contributed by atoms with Gasteiger partial charge in [-0.2, -0.15) is 4.31 Å². The van der Waals surface area contributed by atoms with Gasteiger partial charge in [0.1, 0.15) is 11.0 Å². The van der Waals surface area contributed by atoms with Crippen LogP contribution in [-0.2, 0) is 29.1 Å². The fourth-order valence-electron chi connectivity index (χ4n) is 5.49. The molecule has 0 saturated carbocycles. The smallest absolute Gasteiger partial charge is 0.252 e. The van der Waals surface area contributed by atoms with E-state index in [1.165, 1.54) is 14.2 Å². The molecule has 0 N–H and O–H groups in total. The van der Waals surface area contributed by atoms with Crippen molar-refractivity contribution in [2.45, 2.75) is 58.3 Å². The van der Waals surface area contributed by atoms with Crippen LogP contribution >= 0.6 is 11.3 Å². The number of imide groups is 1. The minimum Gasteiger partial charge on any atom is -0.354 e. The molecule has 1 unspecified atom stereocenters. The van der Waals surface area contributed by atoms with Crippen LogP contribution in [0.4, 0.5) is 5.69 Å². The molecule has 1 aromatic heterocycles. The van der Waals surface area contributed by atoms with E-state index in [-0.39, 0.29) is 17.9 Å². The van der Waals surface area contributed by atoms with Crippen LogP contribution in [0.15, 0.2) is 53.4 Å². The third kappa shape index (κ3) is 5.63. The molecule has 2 heterocycles. The number of thiazole rings is 1. The van der Waals surface area contributed by atoms with E-state index in [4.69, 9.17) is 14.5 Å². The van der Waals surface area contributed by atoms with Crippen LogP contribution < -0.4 is 4.90 Å². The van der Waals surface area contributed by atoms with Gasteiger partial charge < -0.3 is 9.47 Å². The van der Waals surface area contributed by atoms with Gasteiger partial charge in [-0.25, -0.2) is 18.3 Å². The highest BCUT2D eigenvalue weighted by molar-refractivity contribution is 7.89. The zero-order valence-electron chi connectivity index (χ0n) is 25.3. The van der Waals surface area contributed by atoms with Crippen LogP contribution in [0.3, 0.4) is 0 Å². The fraction of sp³-hybridized carbons (Fsp3) is 0.344. The Morgan fingerprint density at radius 1 is 0.953 bits per heavy atom. The number of hydrogen-bond donors (Lipinski definition) is 0. The normalized spacial score (nSPS) is 15.9. The third-order valence-electron chi connectivity index (χ3n) is 8.11. The van der Waals surface area contributed by atoms with Crippen molar-refractivity contribution in [2.24, 2.45) is 0 Å². The lowest BCUT2D eigenvalue weighted by Crippen LogP contribution is -2.49. The number of fused-ring (bicyclic) bond motifs is 1. The van der Waals surface area contributed by atoms with Gasteiger partial charge in [-0.3, -0.25) is 9.59 Å². The van der Waals surface area contributed by atoms with Gasteiger partial charge in [-0.15, -0.1) is 11.3 Å². The Morgan fingerprint density at radius 3 is 2.19 bits per heavy atom. The van der Waals surface area contributed by atoms with Crippen LogP contribution in [0, 0.1) is 34.6 Å². The molecule has 0 radical (unpaired) electrons. The van der Waals surface area contributed by atoms with Crippen molar-refractivity contribution in [1.82, 2.24) is 9.29 Å². The van der Waals surface area contributed by atoms with Gasteiger partial charge in [0, 0.05) is 19.8 Å². The predicted octanol–water partition coefficient (Wildman–Crippen LogP) is 5.45. The molecule has 3 aromatic carbocycles. The average molecular weight is 622 g/mol. The summed E-state index contributed by atoms with van der Waals surface area (Å²) in [5.74, 6) is -1.11. The summed E-state index contributed by atoms with van der Waals surface area (Å²) in [6.45, 7) is 8.96. The molecule has 0 bridgehead atoms. The fourth-order valence-corrected chi connectivity index (χ4v) is 8.71. The molecule has 1 fully saturated rings. The minimum atomic E-state index is -4.26. The van der Waals surface area contributed by atoms with E-state index in [9.17, 15) is 18.0 Å². The van der Waals surface area contributed by atoms with Gasteiger partial charge in [0.15, 0.2) is 6.29 Å². The van der Waals surface area contributed by atoms with Crippen LogP contribution in [-0.4, -0.2) is 62.6 Å². The SMILES string of the molecule is COC(CN(C1CC(=O)N(c2ccc(-c3nc4ccc(C)cc4s3)cc2)C1=O)S(=O)(=O)c1c(C)c(C)cc(C)c1C)OC. The Balaban J connectivity index is 1.50. The van der Waals surface area contributed by atoms with Crippen LogP contribution in [0.2, 0.25) is 0 Å². The summed E-state index contributed by atoms with van der Waals surface area (Å²) >= 11 is 1.57. The van der Waals surface area contributed by atoms with Crippen molar-refractivity contribution in [2.75, 3.05) is 25.7 Å². The number of carbonyl (C=O) groups excluding carboxylic acids is 2. The molecule has 226 valence electrons. The minimum absolute atomic E-state index is 0.130. The second kappa shape index (κ2) is 11.9. The first kappa shape index (κ1) is 31.0. The van der Waals surface area contributed by atoms with E-state index in [2.05, 4.69) is 6.07 Å². The first-order chi connectivity index (χ1) is 20.4. The maximum atomic E-state index is 14.4. The third-order valence-corrected chi connectivity index (χ3v) is 11.3. The lowest BCUT2D eigenvalue weighted by molar-refractivity contribution is -0.125. The lowest BCUT2D eigenvalue weighted by atomic mass is 10.0. The molecular formula is C32H35N3O6S2. The van der Waals surface area contributed by atoms with Crippen LogP contribution in [0.5, 0.6) is 0 Å². The summed E-state index contributed by atoms with van der Waals surface area (Å²) in [5.41, 5.74) is 6.09. The quantitative estimate of drug-likeness (QED) is 0.181. The zero-order chi connectivity index (χ0) is 31.2. The average Bonchev–Trinajstić information content (AvgIpc) is 3.52. The van der Waals surface area contributed by atoms with Crippen LogP contribution in [0.1, 0.15) is 34.2 Å². The monoisotopic (exact) mass is 621 g/mol. The zero-order valence-corrected chi connectivity index (χ0v) is 26.9. The number of hydrogen-bond acceptors (Lipinski definition) is 8. The first-order valence-electron chi connectivity index (χ1n) is 13.9. The Bertz CT molecular complexity index is 1800. The van der Waals surface area contributed by atoms with E-state index in [0.717, 1.165) is 46.7 Å². The molecule has 1 aliphatic heterocycles. The molecular weight excluding hydrogens is 587 g/mol. The van der Waals surface area contributed by atoms with E-state index in [1.54, 1.807) is 37.3 Å². The van der Waals surface area contributed by atoms with Gasteiger partial charge >= 0.3 is 0 Å². The number of amides is 2. The van der Waals surface area contributed by atoms with Gasteiger partial charge in [0.05, 0.1) is 33.8 Å². The Morgan fingerprint density at radius 2 is 1.58 bits per heavy atom. The van der Waals surface area contributed by atoms with Crippen molar-refractivity contribution >= 4 is 49.1 Å². The number of carbonyl (C=O) groups is 2. The molecule has 11 heteroatoms. The number of rotatable bonds is 9. The van der Waals surface area contributed by atoms with E-state index in [0.29, 0.717) is 16.8 Å². The number of aromatic nitrogens is 1. The second-order valence-corrected chi connectivity index (χ2v) is 13.7. The molecule has 0 aliphatic carbocycles. The molecule has 2 amide bonds. The molecule has 4 aromatic rings. The Labute approximate surface area is 256 Å². The van der Waals surface area contributed by atoms with Gasteiger partial charge in [-0.05, 0) is 98.8 Å². The topological polar surface area (TPSA) is 106 Å². The maximum absolute atomic E-state index is 14.4. The number of anilines is 1. The standard InChI is InChI=1S/C32H35N3O6S2/c1-18-8-13-25-27(14-18)42-31(33-25)23-9-11-24(12-10-23)35-28(36)16-26(32(35)37)34(17-29(40-6)41-7)43(38,39)30-21(4)19(2)15-20(3)22(30)5/h8-15,26,29H,16-17H2,1-7H3. The van der Waals surface area contributed by atoms with E-state index < -0.39 is 34.2 Å². The summed E-state index contributed by atoms with van der Waals surface area (Å²) in [5, 5.41) is 0.825. The summed E-state index contributed by atoms with van der Waals surface area (Å²) in [6, 6.07) is 13.8. The number of benzene rings is 3. The highest BCUT2D eigenvalue weighted by Gasteiger charge is 2.48. The second-order valence-electron chi connectivity index (χ2n) is 10.9. The van der Waals surface area contributed by atoms with Crippen molar-refractivity contribution in [3.8, 4) is 10.6 Å². The molecule has 1 saturated heterocycles. The molecule has 1 atom stereocenters. The predicted molar refractivity (Wildman–Crippen MR) is 168 cm³/mol. The van der Waals surface area contributed by atoms with Crippen molar-refractivity contribution < 1.29 is 27.5 Å². The number of methoxy groups -OCH3 is 2. The van der Waals surface area contributed by atoms with Crippen molar-refractivity contribution in [3.63, 3.8) is 0 Å². The maximum Gasteiger partial charge on any atom is 0.252 e. The molecule has 0 spiro atoms. The van der Waals surface area contributed by atoms with Gasteiger partial charge in [0.2, 0.25) is 15.9 Å². The summed E-state index contributed by atoms with van der Waals surface area (Å²) in [4.78, 5) is 33.2. The van der Waals surface area contributed by atoms with E-state index in [1.807, 2.05) is 51.1 Å². The lowest BCUT2D eigenvalue weighted by Gasteiger charge is -2.31. The number of nitrogens with zero attached hydrogens (tertiary/aromatic N) is 3. The number of ether oxygens (including phenoxy) is 2. The molecule has 9 nitrogen and oxygen atoms in total. The highest BCUT2D eigenvalue weighted by Crippen LogP contribution is 2.36. The Kier molecular flexibility index (Phi) is 8.56. The molecule has 5 rings (SSSR count). The van der Waals surface area contributed by atoms with Crippen molar-refractivity contribution in [1.29, 1.82) is 0 Å². The Hall–Kier alpha value is -3.48. The van der Waals surface area contributed by atoms with Crippen molar-refractivity contribution in [3.05, 3.63) is 76.3 Å². The van der Waals surface area contributed by atoms with Gasteiger partial charge in [-0.1, -0.05) is 12.1 Å². The largest absolute Gasteiger partial charge is 0.354 e. The molecule has 1 aliphatic rings. The first-order valence-corrected chi connectivity index (χ1v) is 16.1. The van der Waals surface area contributed by atoms with Gasteiger partial charge in [0.25, 0.3) is 5.91 Å². The van der Waals surface area contributed by atoms with E-state index >= 15 is 0 Å². The summed E-state index contributed by atoms with van der Waals surface area (Å²) < 4.78 is 41.5. The summed E-state index contributed by atoms with van der Waals surface area (Å²) in [7, 11) is -1.47. The number of aryl methyl sites for hydroxylation is 3. The summed E-state index contributed by atoms with van der Waals surface area (Å²) in [6.07, 6.45) is -1.25. The molecule has 43 heavy (non-hydrogen) atoms.